The van der Waals surface area contributed by atoms with E-state index in [4.69, 9.17) is 10.2 Å². The number of hydrogen-bond acceptors (Lipinski definition) is 5. The van der Waals surface area contributed by atoms with Gasteiger partial charge in [0.15, 0.2) is 5.03 Å². The summed E-state index contributed by atoms with van der Waals surface area (Å²) in [5.41, 5.74) is 0.742. The highest BCUT2D eigenvalue weighted by atomic mass is 32.2. The van der Waals surface area contributed by atoms with Gasteiger partial charge in [0.25, 0.3) is 10.0 Å². The van der Waals surface area contributed by atoms with Crippen LogP contribution in [-0.4, -0.2) is 29.6 Å². The first-order chi connectivity index (χ1) is 9.92. The second-order valence-electron chi connectivity index (χ2n) is 4.15. The molecular weight excluding hydrogens is 296 g/mol. The Morgan fingerprint density at radius 2 is 2.00 bits per heavy atom. The maximum absolute atomic E-state index is 12.1. The van der Waals surface area contributed by atoms with Gasteiger partial charge in [-0.15, -0.1) is 0 Å². The number of carbonyl (C=O) groups is 1. The van der Waals surface area contributed by atoms with E-state index in [-0.39, 0.29) is 22.9 Å². The number of aromatic carboxylic acids is 1. The standard InChI is InChI=1S/C13H12N2O5S/c16-8-9-2-1-3-11(6-9)15-21(19,20)12-5-4-10(7-14-12)13(17)18/h1-7,15-16H,8H2,(H,17,18). The average molecular weight is 308 g/mol. The molecule has 0 atom stereocenters. The fourth-order valence-electron chi connectivity index (χ4n) is 1.61. The molecule has 0 aliphatic carbocycles. The molecule has 1 aromatic carbocycles. The zero-order valence-electron chi connectivity index (χ0n) is 10.7. The molecular formula is C13H12N2O5S. The molecule has 0 unspecified atom stereocenters. The average Bonchev–Trinajstić information content (AvgIpc) is 2.47. The van der Waals surface area contributed by atoms with Gasteiger partial charge in [-0.2, -0.15) is 8.42 Å². The van der Waals surface area contributed by atoms with Gasteiger partial charge >= 0.3 is 5.97 Å². The fraction of sp³-hybridized carbons (Fsp3) is 0.0769. The molecule has 0 amide bonds. The molecule has 2 rings (SSSR count). The summed E-state index contributed by atoms with van der Waals surface area (Å²) >= 11 is 0. The zero-order valence-corrected chi connectivity index (χ0v) is 11.5. The van der Waals surface area contributed by atoms with Crippen molar-refractivity contribution in [2.45, 2.75) is 11.6 Å². The van der Waals surface area contributed by atoms with E-state index in [9.17, 15) is 13.2 Å². The van der Waals surface area contributed by atoms with Gasteiger partial charge in [0.05, 0.1) is 12.2 Å². The van der Waals surface area contributed by atoms with E-state index in [1.54, 1.807) is 12.1 Å². The van der Waals surface area contributed by atoms with Crippen LogP contribution in [0.3, 0.4) is 0 Å². The molecule has 21 heavy (non-hydrogen) atoms. The lowest BCUT2D eigenvalue weighted by molar-refractivity contribution is 0.0696. The summed E-state index contributed by atoms with van der Waals surface area (Å²) in [5.74, 6) is -1.19. The number of carboxylic acids is 1. The van der Waals surface area contributed by atoms with Crippen molar-refractivity contribution in [3.8, 4) is 0 Å². The molecule has 110 valence electrons. The predicted molar refractivity (Wildman–Crippen MR) is 74.4 cm³/mol. The molecule has 0 radical (unpaired) electrons. The summed E-state index contributed by atoms with van der Waals surface area (Å²) in [4.78, 5) is 14.3. The maximum atomic E-state index is 12.1. The van der Waals surface area contributed by atoms with Crippen LogP contribution in [0.2, 0.25) is 0 Å². The Bertz CT molecular complexity index is 756. The fourth-order valence-corrected chi connectivity index (χ4v) is 2.59. The van der Waals surface area contributed by atoms with Crippen molar-refractivity contribution in [2.24, 2.45) is 0 Å². The van der Waals surface area contributed by atoms with Crippen LogP contribution >= 0.6 is 0 Å². The van der Waals surface area contributed by atoms with Crippen LogP contribution in [0.1, 0.15) is 15.9 Å². The highest BCUT2D eigenvalue weighted by molar-refractivity contribution is 7.92. The molecule has 1 heterocycles. The van der Waals surface area contributed by atoms with Crippen LogP contribution in [0.25, 0.3) is 0 Å². The van der Waals surface area contributed by atoms with Crippen LogP contribution in [0, 0.1) is 0 Å². The van der Waals surface area contributed by atoms with Gasteiger partial charge in [-0.25, -0.2) is 9.78 Å². The largest absolute Gasteiger partial charge is 0.478 e. The van der Waals surface area contributed by atoms with Crippen molar-refractivity contribution in [3.63, 3.8) is 0 Å². The van der Waals surface area contributed by atoms with Crippen molar-refractivity contribution >= 4 is 21.7 Å². The van der Waals surface area contributed by atoms with E-state index in [1.807, 2.05) is 0 Å². The van der Waals surface area contributed by atoms with Gasteiger partial charge in [0.2, 0.25) is 0 Å². The molecule has 1 aromatic heterocycles. The third kappa shape index (κ3) is 3.56. The van der Waals surface area contributed by atoms with Crippen LogP contribution in [-0.2, 0) is 16.6 Å². The van der Waals surface area contributed by atoms with Crippen LogP contribution < -0.4 is 4.72 Å². The van der Waals surface area contributed by atoms with E-state index in [0.29, 0.717) is 5.56 Å². The minimum absolute atomic E-state index is 0.101. The molecule has 0 spiro atoms. The monoisotopic (exact) mass is 308 g/mol. The second kappa shape index (κ2) is 5.90. The first kappa shape index (κ1) is 14.9. The van der Waals surface area contributed by atoms with Crippen LogP contribution in [0.4, 0.5) is 5.69 Å². The molecule has 0 saturated carbocycles. The molecule has 0 aliphatic rings. The Labute approximate surface area is 120 Å². The Balaban J connectivity index is 2.27. The first-order valence-electron chi connectivity index (χ1n) is 5.84. The molecule has 8 heteroatoms. The van der Waals surface area contributed by atoms with E-state index in [1.165, 1.54) is 12.1 Å². The van der Waals surface area contributed by atoms with Crippen LogP contribution in [0.5, 0.6) is 0 Å². The maximum Gasteiger partial charge on any atom is 0.337 e. The van der Waals surface area contributed by atoms with Gasteiger partial charge < -0.3 is 10.2 Å². The van der Waals surface area contributed by atoms with E-state index in [2.05, 4.69) is 9.71 Å². The molecule has 3 N–H and O–H groups in total. The van der Waals surface area contributed by atoms with Crippen molar-refractivity contribution in [1.82, 2.24) is 4.98 Å². The molecule has 0 aliphatic heterocycles. The van der Waals surface area contributed by atoms with Crippen molar-refractivity contribution in [1.29, 1.82) is 0 Å². The third-order valence-electron chi connectivity index (χ3n) is 2.62. The zero-order chi connectivity index (χ0) is 15.5. The SMILES string of the molecule is O=C(O)c1ccc(S(=O)(=O)Nc2cccc(CO)c2)nc1. The van der Waals surface area contributed by atoms with Gasteiger partial charge in [-0.05, 0) is 29.8 Å². The number of aromatic nitrogens is 1. The molecule has 0 fully saturated rings. The Morgan fingerprint density at radius 1 is 1.24 bits per heavy atom. The molecule has 7 nitrogen and oxygen atoms in total. The summed E-state index contributed by atoms with van der Waals surface area (Å²) in [5, 5.41) is 17.5. The number of nitrogens with one attached hydrogen (secondary N) is 1. The normalized spacial score (nSPS) is 11.1. The summed E-state index contributed by atoms with van der Waals surface area (Å²) in [6.45, 7) is -0.207. The Hall–Kier alpha value is -2.45. The van der Waals surface area contributed by atoms with Crippen molar-refractivity contribution in [2.75, 3.05) is 4.72 Å². The number of rotatable bonds is 5. The summed E-state index contributed by atoms with van der Waals surface area (Å²) in [6.07, 6.45) is 0.973. The number of aliphatic hydroxyl groups is 1. The summed E-state index contributed by atoms with van der Waals surface area (Å²) in [7, 11) is -3.92. The summed E-state index contributed by atoms with van der Waals surface area (Å²) < 4.78 is 26.5. The number of benzene rings is 1. The minimum Gasteiger partial charge on any atom is -0.478 e. The van der Waals surface area contributed by atoms with Crippen molar-refractivity contribution < 1.29 is 23.4 Å². The highest BCUT2D eigenvalue weighted by Gasteiger charge is 2.16. The lowest BCUT2D eigenvalue weighted by Gasteiger charge is -2.08. The number of sulfonamides is 1. The van der Waals surface area contributed by atoms with E-state index >= 15 is 0 Å². The lowest BCUT2D eigenvalue weighted by Crippen LogP contribution is -2.15. The summed E-state index contributed by atoms with van der Waals surface area (Å²) in [6, 6.07) is 8.54. The minimum atomic E-state index is -3.92. The third-order valence-corrected chi connectivity index (χ3v) is 3.92. The number of pyridine rings is 1. The first-order valence-corrected chi connectivity index (χ1v) is 7.32. The highest BCUT2D eigenvalue weighted by Crippen LogP contribution is 2.16. The number of carboxylic acid groups (broad SMARTS) is 1. The predicted octanol–water partition coefficient (Wildman–Crippen LogP) is 1.07. The molecule has 0 saturated heterocycles. The van der Waals surface area contributed by atoms with E-state index in [0.717, 1.165) is 18.3 Å². The molecule has 0 bridgehead atoms. The smallest absolute Gasteiger partial charge is 0.337 e. The number of aliphatic hydroxyl groups excluding tert-OH is 1. The lowest BCUT2D eigenvalue weighted by atomic mass is 10.2. The molecule has 2 aromatic rings. The Kier molecular flexibility index (Phi) is 4.20. The van der Waals surface area contributed by atoms with Crippen molar-refractivity contribution in [3.05, 3.63) is 53.7 Å². The van der Waals surface area contributed by atoms with E-state index < -0.39 is 16.0 Å². The number of hydrogen-bond donors (Lipinski definition) is 3. The number of anilines is 1. The quantitative estimate of drug-likeness (QED) is 0.761. The van der Waals surface area contributed by atoms with Gasteiger partial charge in [0.1, 0.15) is 0 Å². The number of nitrogens with zero attached hydrogens (tertiary/aromatic N) is 1. The van der Waals surface area contributed by atoms with Crippen LogP contribution in [0.15, 0.2) is 47.6 Å². The topological polar surface area (TPSA) is 117 Å². The van der Waals surface area contributed by atoms with Gasteiger partial charge in [-0.1, -0.05) is 12.1 Å². The van der Waals surface area contributed by atoms with Gasteiger partial charge in [0, 0.05) is 11.9 Å². The Morgan fingerprint density at radius 3 is 2.57 bits per heavy atom. The van der Waals surface area contributed by atoms with Gasteiger partial charge in [-0.3, -0.25) is 4.72 Å². The second-order valence-corrected chi connectivity index (χ2v) is 5.78.